The Labute approximate surface area is 224 Å². The molecule has 208 valence electrons. The molecule has 6 atom stereocenters. The first-order valence-electron chi connectivity index (χ1n) is 13.9. The lowest BCUT2D eigenvalue weighted by Gasteiger charge is -2.36. The minimum absolute atomic E-state index is 0.222. The highest BCUT2D eigenvalue weighted by Crippen LogP contribution is 2.64. The fourth-order valence-corrected chi connectivity index (χ4v) is 7.07. The maximum absolute atomic E-state index is 14.0. The van der Waals surface area contributed by atoms with Gasteiger partial charge in [-0.2, -0.15) is 0 Å². The number of benzene rings is 1. The minimum Gasteiger partial charge on any atom is -0.394 e. The SMILES string of the molecule is CC[C@]12CCC3(O1)C(C(=O)NCCN1CCOCC1)N([C@H](C)CO)C(=O)[C@@H]3[C@H]2C(=O)NCc1ccccc1. The molecule has 3 N–H and O–H groups in total. The van der Waals surface area contributed by atoms with Gasteiger partial charge in [-0.15, -0.1) is 0 Å². The predicted octanol–water partition coefficient (Wildman–Crippen LogP) is 0.287. The minimum atomic E-state index is -1.09. The van der Waals surface area contributed by atoms with Crippen molar-refractivity contribution in [2.75, 3.05) is 46.0 Å². The number of aliphatic hydroxyl groups excluding tert-OH is 1. The van der Waals surface area contributed by atoms with E-state index in [0.29, 0.717) is 52.1 Å². The molecule has 4 aliphatic rings. The Kier molecular flexibility index (Phi) is 7.77. The van der Waals surface area contributed by atoms with Crippen LogP contribution >= 0.6 is 0 Å². The molecule has 4 aliphatic heterocycles. The van der Waals surface area contributed by atoms with Crippen LogP contribution < -0.4 is 10.6 Å². The molecular weight excluding hydrogens is 488 g/mol. The first kappa shape index (κ1) is 27.1. The molecular formula is C28H40N4O6. The monoisotopic (exact) mass is 528 g/mol. The number of nitrogens with one attached hydrogen (secondary N) is 2. The topological polar surface area (TPSA) is 120 Å². The van der Waals surface area contributed by atoms with E-state index >= 15 is 0 Å². The molecule has 4 fully saturated rings. The number of morpholine rings is 1. The summed E-state index contributed by atoms with van der Waals surface area (Å²) in [5.74, 6) is -2.25. The van der Waals surface area contributed by atoms with Gasteiger partial charge in [0.2, 0.25) is 17.7 Å². The Balaban J connectivity index is 1.38. The molecule has 1 aromatic rings. The van der Waals surface area contributed by atoms with Gasteiger partial charge in [-0.1, -0.05) is 37.3 Å². The molecule has 3 amide bonds. The molecule has 0 radical (unpaired) electrons. The first-order chi connectivity index (χ1) is 18.4. The van der Waals surface area contributed by atoms with Crippen molar-refractivity contribution in [1.29, 1.82) is 0 Å². The second kappa shape index (κ2) is 10.9. The van der Waals surface area contributed by atoms with Gasteiger partial charge in [0, 0.05) is 32.7 Å². The third-order valence-electron chi connectivity index (χ3n) is 9.03. The second-order valence-corrected chi connectivity index (χ2v) is 11.1. The number of amides is 3. The van der Waals surface area contributed by atoms with Crippen LogP contribution in [0.4, 0.5) is 0 Å². The van der Waals surface area contributed by atoms with E-state index in [4.69, 9.17) is 9.47 Å². The summed E-state index contributed by atoms with van der Waals surface area (Å²) in [4.78, 5) is 45.2. The van der Waals surface area contributed by atoms with Gasteiger partial charge >= 0.3 is 0 Å². The lowest BCUT2D eigenvalue weighted by atomic mass is 9.65. The van der Waals surface area contributed by atoms with Gasteiger partial charge in [0.25, 0.3) is 0 Å². The lowest BCUT2D eigenvalue weighted by Crippen LogP contribution is -2.58. The Morgan fingerprint density at radius 3 is 2.55 bits per heavy atom. The van der Waals surface area contributed by atoms with Crippen molar-refractivity contribution in [1.82, 2.24) is 20.4 Å². The van der Waals surface area contributed by atoms with E-state index in [9.17, 15) is 19.5 Å². The summed E-state index contributed by atoms with van der Waals surface area (Å²) in [5.41, 5.74) is -0.910. The quantitative estimate of drug-likeness (QED) is 0.399. The normalized spacial score (nSPS) is 33.3. The van der Waals surface area contributed by atoms with Crippen molar-refractivity contribution in [3.63, 3.8) is 0 Å². The highest BCUT2D eigenvalue weighted by atomic mass is 16.5. The van der Waals surface area contributed by atoms with E-state index < -0.39 is 35.1 Å². The highest BCUT2D eigenvalue weighted by Gasteiger charge is 2.78. The van der Waals surface area contributed by atoms with Gasteiger partial charge in [0.05, 0.1) is 43.3 Å². The van der Waals surface area contributed by atoms with Crippen molar-refractivity contribution in [3.05, 3.63) is 35.9 Å². The number of nitrogens with zero attached hydrogens (tertiary/aromatic N) is 2. The Hall–Kier alpha value is -2.53. The van der Waals surface area contributed by atoms with Gasteiger partial charge in [0.15, 0.2) is 0 Å². The number of aliphatic hydroxyl groups is 1. The molecule has 2 bridgehead atoms. The molecule has 1 spiro atoms. The third-order valence-corrected chi connectivity index (χ3v) is 9.03. The molecule has 1 aromatic carbocycles. The molecule has 38 heavy (non-hydrogen) atoms. The van der Waals surface area contributed by atoms with Crippen LogP contribution in [0.5, 0.6) is 0 Å². The van der Waals surface area contributed by atoms with E-state index in [1.165, 1.54) is 4.90 Å². The van der Waals surface area contributed by atoms with E-state index in [1.807, 2.05) is 37.3 Å². The summed E-state index contributed by atoms with van der Waals surface area (Å²) in [6.07, 6.45) is 1.70. The molecule has 5 rings (SSSR count). The van der Waals surface area contributed by atoms with Gasteiger partial charge in [0.1, 0.15) is 11.6 Å². The summed E-state index contributed by atoms with van der Waals surface area (Å²) in [6.45, 7) is 7.90. The van der Waals surface area contributed by atoms with Gasteiger partial charge in [-0.05, 0) is 31.7 Å². The maximum Gasteiger partial charge on any atom is 0.245 e. The largest absolute Gasteiger partial charge is 0.394 e. The fraction of sp³-hybridized carbons (Fsp3) is 0.679. The van der Waals surface area contributed by atoms with Crippen molar-refractivity contribution in [2.24, 2.45) is 11.8 Å². The van der Waals surface area contributed by atoms with Crippen LogP contribution in [-0.2, 0) is 30.4 Å². The van der Waals surface area contributed by atoms with E-state index in [1.54, 1.807) is 6.92 Å². The standard InChI is InChI=1S/C28H40N4O6/c1-3-27-9-10-28(38-27)22(21(27)24(34)30-17-20-7-5-4-6-8-20)26(36)32(19(2)18-33)23(28)25(35)29-11-12-31-13-15-37-16-14-31/h4-8,19,21-23,33H,3,9-18H2,1-2H3,(H,29,35)(H,30,34)/t19-,21+,22+,23?,27-,28?/m1/s1. The molecule has 4 saturated heterocycles. The number of carbonyl (C=O) groups is 3. The van der Waals surface area contributed by atoms with Crippen LogP contribution in [0.3, 0.4) is 0 Å². The molecule has 10 nitrogen and oxygen atoms in total. The maximum atomic E-state index is 14.0. The van der Waals surface area contributed by atoms with Crippen LogP contribution in [0.15, 0.2) is 30.3 Å². The van der Waals surface area contributed by atoms with E-state index in [2.05, 4.69) is 15.5 Å². The fourth-order valence-electron chi connectivity index (χ4n) is 7.07. The molecule has 0 saturated carbocycles. The van der Waals surface area contributed by atoms with Gasteiger partial charge in [-0.3, -0.25) is 19.3 Å². The third kappa shape index (κ3) is 4.51. The smallest absolute Gasteiger partial charge is 0.245 e. The molecule has 0 aromatic heterocycles. The van der Waals surface area contributed by atoms with Crippen LogP contribution in [0.2, 0.25) is 0 Å². The number of rotatable bonds is 10. The van der Waals surface area contributed by atoms with Crippen LogP contribution in [0.25, 0.3) is 0 Å². The zero-order valence-corrected chi connectivity index (χ0v) is 22.4. The van der Waals surface area contributed by atoms with Crippen molar-refractivity contribution >= 4 is 17.7 Å². The number of likely N-dealkylation sites (tertiary alicyclic amines) is 1. The Morgan fingerprint density at radius 2 is 1.87 bits per heavy atom. The van der Waals surface area contributed by atoms with Crippen molar-refractivity contribution in [3.8, 4) is 0 Å². The van der Waals surface area contributed by atoms with Crippen molar-refractivity contribution in [2.45, 2.75) is 62.9 Å². The molecule has 0 aliphatic carbocycles. The molecule has 2 unspecified atom stereocenters. The molecule has 10 heteroatoms. The Morgan fingerprint density at radius 1 is 1.13 bits per heavy atom. The number of hydrogen-bond acceptors (Lipinski definition) is 7. The number of carbonyl (C=O) groups excluding carboxylic acids is 3. The van der Waals surface area contributed by atoms with Gasteiger partial charge in [-0.25, -0.2) is 0 Å². The summed E-state index contributed by atoms with van der Waals surface area (Å²) in [5, 5.41) is 16.1. The van der Waals surface area contributed by atoms with E-state index in [0.717, 1.165) is 18.7 Å². The van der Waals surface area contributed by atoms with Crippen LogP contribution in [-0.4, -0.2) is 102 Å². The highest BCUT2D eigenvalue weighted by molar-refractivity contribution is 5.99. The zero-order valence-electron chi connectivity index (χ0n) is 22.4. The van der Waals surface area contributed by atoms with Crippen molar-refractivity contribution < 1.29 is 29.0 Å². The summed E-state index contributed by atoms with van der Waals surface area (Å²) >= 11 is 0. The number of hydrogen-bond donors (Lipinski definition) is 3. The summed E-state index contributed by atoms with van der Waals surface area (Å²) in [6, 6.07) is 8.17. The number of ether oxygens (including phenoxy) is 2. The summed E-state index contributed by atoms with van der Waals surface area (Å²) in [7, 11) is 0. The predicted molar refractivity (Wildman–Crippen MR) is 139 cm³/mol. The Bertz CT molecular complexity index is 1030. The van der Waals surface area contributed by atoms with Gasteiger partial charge < -0.3 is 30.1 Å². The zero-order chi connectivity index (χ0) is 26.9. The molecule has 4 heterocycles. The number of fused-ring (bicyclic) bond motifs is 1. The van der Waals surface area contributed by atoms with E-state index in [-0.39, 0.29) is 24.3 Å². The summed E-state index contributed by atoms with van der Waals surface area (Å²) < 4.78 is 12.1. The first-order valence-corrected chi connectivity index (χ1v) is 13.9. The van der Waals surface area contributed by atoms with Crippen LogP contribution in [0, 0.1) is 11.8 Å². The average molecular weight is 529 g/mol. The second-order valence-electron chi connectivity index (χ2n) is 11.1. The average Bonchev–Trinajstić information content (AvgIpc) is 3.56. The lowest BCUT2D eigenvalue weighted by molar-refractivity contribution is -0.150. The van der Waals surface area contributed by atoms with Crippen LogP contribution in [0.1, 0.15) is 38.7 Å².